The van der Waals surface area contributed by atoms with E-state index in [1.54, 1.807) is 17.1 Å². The summed E-state index contributed by atoms with van der Waals surface area (Å²) in [7, 11) is 0. The Morgan fingerprint density at radius 3 is 2.96 bits per heavy atom. The Morgan fingerprint density at radius 1 is 1.38 bits per heavy atom. The number of nitrogens with zero attached hydrogens (tertiary/aromatic N) is 3. The Hall–Kier alpha value is -1.85. The Balaban J connectivity index is 1.52. The summed E-state index contributed by atoms with van der Waals surface area (Å²) in [5.41, 5.74) is 1.50. The highest BCUT2D eigenvalue weighted by atomic mass is 35.5. The predicted molar refractivity (Wildman–Crippen MR) is 93.7 cm³/mol. The maximum Gasteiger partial charge on any atom is 0.257 e. The first-order valence-corrected chi connectivity index (χ1v) is 8.93. The number of rotatable bonds is 5. The lowest BCUT2D eigenvalue weighted by molar-refractivity contribution is 0.0728. The number of hydrogen-bond donors (Lipinski definition) is 1. The van der Waals surface area contributed by atoms with Gasteiger partial charge in [0, 0.05) is 29.8 Å². The summed E-state index contributed by atoms with van der Waals surface area (Å²) in [6, 6.07) is 8.29. The predicted octanol–water partition coefficient (Wildman–Crippen LogP) is 2.88. The first-order valence-electron chi connectivity index (χ1n) is 8.56. The molecule has 1 aromatic carbocycles. The minimum atomic E-state index is 0.0829. The molecule has 2 aromatic rings. The molecule has 2 aliphatic rings. The Morgan fingerprint density at radius 2 is 2.25 bits per heavy atom. The summed E-state index contributed by atoms with van der Waals surface area (Å²) in [5, 5.41) is 8.48. The van der Waals surface area contributed by atoms with Gasteiger partial charge in [-0.3, -0.25) is 4.79 Å². The molecule has 1 unspecified atom stereocenters. The van der Waals surface area contributed by atoms with E-state index < -0.39 is 0 Å². The minimum Gasteiger partial charge on any atom is -0.334 e. The molecule has 2 heterocycles. The molecule has 1 aromatic heterocycles. The van der Waals surface area contributed by atoms with E-state index in [4.69, 9.17) is 11.6 Å². The molecule has 1 aliphatic heterocycles. The maximum absolute atomic E-state index is 12.9. The lowest BCUT2D eigenvalue weighted by Crippen LogP contribution is -2.42. The number of aromatic nitrogens is 2. The number of carbonyl (C=O) groups is 1. The van der Waals surface area contributed by atoms with Gasteiger partial charge in [0.15, 0.2) is 0 Å². The quantitative estimate of drug-likeness (QED) is 0.907. The topological polar surface area (TPSA) is 50.2 Å². The van der Waals surface area contributed by atoms with Crippen LogP contribution in [0.25, 0.3) is 5.69 Å². The highest BCUT2D eigenvalue weighted by molar-refractivity contribution is 6.30. The second-order valence-electron chi connectivity index (χ2n) is 6.64. The van der Waals surface area contributed by atoms with Crippen molar-refractivity contribution in [2.24, 2.45) is 0 Å². The molecule has 2 fully saturated rings. The first-order chi connectivity index (χ1) is 11.7. The van der Waals surface area contributed by atoms with Gasteiger partial charge < -0.3 is 10.2 Å². The third-order valence-corrected chi connectivity index (χ3v) is 4.97. The largest absolute Gasteiger partial charge is 0.334 e. The van der Waals surface area contributed by atoms with Crippen molar-refractivity contribution in [1.29, 1.82) is 0 Å². The number of nitrogens with one attached hydrogen (secondary N) is 1. The van der Waals surface area contributed by atoms with E-state index in [2.05, 4.69) is 10.4 Å². The minimum absolute atomic E-state index is 0.0829. The van der Waals surface area contributed by atoms with Gasteiger partial charge in [-0.25, -0.2) is 4.68 Å². The van der Waals surface area contributed by atoms with Crippen LogP contribution in [0.1, 0.15) is 36.0 Å². The van der Waals surface area contributed by atoms with Gasteiger partial charge in [0.2, 0.25) is 0 Å². The zero-order valence-corrected chi connectivity index (χ0v) is 14.2. The molecule has 1 saturated heterocycles. The van der Waals surface area contributed by atoms with Crippen LogP contribution in [0.2, 0.25) is 5.02 Å². The van der Waals surface area contributed by atoms with Gasteiger partial charge in [-0.2, -0.15) is 5.10 Å². The molecule has 5 nitrogen and oxygen atoms in total. The van der Waals surface area contributed by atoms with Crippen LogP contribution in [0.15, 0.2) is 36.7 Å². The van der Waals surface area contributed by atoms with E-state index in [0.29, 0.717) is 22.7 Å². The Bertz CT molecular complexity index is 734. The molecule has 126 valence electrons. The van der Waals surface area contributed by atoms with Crippen molar-refractivity contribution in [3.05, 3.63) is 47.2 Å². The van der Waals surface area contributed by atoms with Crippen LogP contribution < -0.4 is 5.32 Å². The van der Waals surface area contributed by atoms with E-state index in [9.17, 15) is 4.79 Å². The fourth-order valence-corrected chi connectivity index (χ4v) is 3.48. The molecule has 1 amide bonds. The first kappa shape index (κ1) is 15.7. The molecule has 4 rings (SSSR count). The van der Waals surface area contributed by atoms with Crippen molar-refractivity contribution in [2.45, 2.75) is 37.8 Å². The van der Waals surface area contributed by atoms with E-state index in [-0.39, 0.29) is 5.91 Å². The van der Waals surface area contributed by atoms with E-state index in [1.165, 1.54) is 6.42 Å². The molecular weight excluding hydrogens is 324 g/mol. The summed E-state index contributed by atoms with van der Waals surface area (Å²) in [4.78, 5) is 15.0. The summed E-state index contributed by atoms with van der Waals surface area (Å²) in [6.45, 7) is 1.86. The van der Waals surface area contributed by atoms with E-state index in [1.807, 2.05) is 29.2 Å². The van der Waals surface area contributed by atoms with Crippen molar-refractivity contribution in [2.75, 3.05) is 13.1 Å². The Labute approximate surface area is 146 Å². The van der Waals surface area contributed by atoms with Crippen LogP contribution in [-0.4, -0.2) is 45.8 Å². The summed E-state index contributed by atoms with van der Waals surface area (Å²) in [6.07, 6.45) is 8.02. The van der Waals surface area contributed by atoms with Crippen molar-refractivity contribution in [1.82, 2.24) is 20.0 Å². The highest BCUT2D eigenvalue weighted by Crippen LogP contribution is 2.29. The van der Waals surface area contributed by atoms with Crippen LogP contribution in [-0.2, 0) is 0 Å². The smallest absolute Gasteiger partial charge is 0.257 e. The van der Waals surface area contributed by atoms with Crippen molar-refractivity contribution in [3.63, 3.8) is 0 Å². The number of halogens is 1. The van der Waals surface area contributed by atoms with Gasteiger partial charge in [0.1, 0.15) is 0 Å². The van der Waals surface area contributed by atoms with Gasteiger partial charge in [-0.1, -0.05) is 17.7 Å². The number of benzene rings is 1. The van der Waals surface area contributed by atoms with Crippen LogP contribution in [0.4, 0.5) is 0 Å². The maximum atomic E-state index is 12.9. The molecule has 1 atom stereocenters. The third kappa shape index (κ3) is 3.32. The van der Waals surface area contributed by atoms with Crippen molar-refractivity contribution in [3.8, 4) is 5.69 Å². The van der Waals surface area contributed by atoms with Gasteiger partial charge in [0.25, 0.3) is 5.91 Å². The van der Waals surface area contributed by atoms with Crippen molar-refractivity contribution < 1.29 is 4.79 Å². The Kier molecular flexibility index (Phi) is 4.29. The fraction of sp³-hybridized carbons (Fsp3) is 0.444. The molecule has 1 aliphatic carbocycles. The van der Waals surface area contributed by atoms with Crippen molar-refractivity contribution >= 4 is 17.5 Å². The van der Waals surface area contributed by atoms with Crippen LogP contribution in [0.5, 0.6) is 0 Å². The van der Waals surface area contributed by atoms with Gasteiger partial charge in [0.05, 0.1) is 17.4 Å². The SMILES string of the molecule is O=C(c1cnn(-c2cccc(Cl)c2)c1)N(CC1CCCN1)C1CC1. The number of amides is 1. The third-order valence-electron chi connectivity index (χ3n) is 4.73. The zero-order chi connectivity index (χ0) is 16.5. The lowest BCUT2D eigenvalue weighted by atomic mass is 10.2. The molecule has 6 heteroatoms. The monoisotopic (exact) mass is 344 g/mol. The average molecular weight is 345 g/mol. The van der Waals surface area contributed by atoms with Crippen LogP contribution in [0.3, 0.4) is 0 Å². The summed E-state index contributed by atoms with van der Waals surface area (Å²) >= 11 is 6.04. The summed E-state index contributed by atoms with van der Waals surface area (Å²) in [5.74, 6) is 0.0829. The molecule has 0 radical (unpaired) electrons. The normalized spacial score (nSPS) is 20.3. The molecule has 24 heavy (non-hydrogen) atoms. The molecular formula is C18H21ClN4O. The van der Waals surface area contributed by atoms with E-state index in [0.717, 1.165) is 38.0 Å². The van der Waals surface area contributed by atoms with Gasteiger partial charge in [-0.05, 0) is 50.4 Å². The molecule has 0 spiro atoms. The number of carbonyl (C=O) groups excluding carboxylic acids is 1. The molecule has 1 N–H and O–H groups in total. The summed E-state index contributed by atoms with van der Waals surface area (Å²) < 4.78 is 1.71. The molecule has 0 bridgehead atoms. The van der Waals surface area contributed by atoms with Crippen LogP contribution >= 0.6 is 11.6 Å². The zero-order valence-electron chi connectivity index (χ0n) is 13.5. The highest BCUT2D eigenvalue weighted by Gasteiger charge is 2.35. The average Bonchev–Trinajstić information content (AvgIpc) is 3.10. The van der Waals surface area contributed by atoms with Gasteiger partial charge >= 0.3 is 0 Å². The fourth-order valence-electron chi connectivity index (χ4n) is 3.29. The second-order valence-corrected chi connectivity index (χ2v) is 7.07. The van der Waals surface area contributed by atoms with E-state index >= 15 is 0 Å². The standard InChI is InChI=1S/C18H21ClN4O/c19-14-3-1-5-17(9-14)23-11-13(10-21-23)18(24)22(16-6-7-16)12-15-4-2-8-20-15/h1,3,5,9-11,15-16,20H,2,4,6-8,12H2. The molecule has 1 saturated carbocycles. The van der Waals surface area contributed by atoms with Gasteiger partial charge in [-0.15, -0.1) is 0 Å². The van der Waals surface area contributed by atoms with Crippen LogP contribution in [0, 0.1) is 0 Å². The second kappa shape index (κ2) is 6.57. The number of hydrogen-bond acceptors (Lipinski definition) is 3. The lowest BCUT2D eigenvalue weighted by Gasteiger charge is -2.25.